The van der Waals surface area contributed by atoms with Crippen LogP contribution in [0.4, 0.5) is 16.3 Å². The SMILES string of the molecule is Cc1cccc(NC(=O)Nc2cccc3c2C2CC(=O)CCN2C3=O)n1. The highest BCUT2D eigenvalue weighted by Gasteiger charge is 2.41. The van der Waals surface area contributed by atoms with E-state index in [1.54, 1.807) is 29.2 Å². The Bertz CT molecular complexity index is 925. The van der Waals surface area contributed by atoms with Gasteiger partial charge in [0.1, 0.15) is 11.6 Å². The Hall–Kier alpha value is -3.22. The van der Waals surface area contributed by atoms with E-state index in [4.69, 9.17) is 0 Å². The van der Waals surface area contributed by atoms with Gasteiger partial charge in [-0.25, -0.2) is 9.78 Å². The standard InChI is InChI=1S/C19H18N4O3/c1-11-4-2-7-16(20-11)22-19(26)21-14-6-3-5-13-17(14)15-10-12(24)8-9-23(15)18(13)25/h2-7,15H,8-10H2,1H3,(H2,20,21,22,26). The zero-order chi connectivity index (χ0) is 18.3. The summed E-state index contributed by atoms with van der Waals surface area (Å²) in [6, 6.07) is 9.83. The molecule has 132 valence electrons. The third-order valence-electron chi connectivity index (χ3n) is 4.74. The molecule has 0 spiro atoms. The summed E-state index contributed by atoms with van der Waals surface area (Å²) < 4.78 is 0. The summed E-state index contributed by atoms with van der Waals surface area (Å²) in [6.45, 7) is 2.27. The van der Waals surface area contributed by atoms with Crippen molar-refractivity contribution < 1.29 is 14.4 Å². The number of piperidine rings is 1. The number of aryl methyl sites for hydroxylation is 1. The van der Waals surface area contributed by atoms with Gasteiger partial charge < -0.3 is 10.2 Å². The molecule has 1 fully saturated rings. The van der Waals surface area contributed by atoms with E-state index >= 15 is 0 Å². The van der Waals surface area contributed by atoms with Crippen LogP contribution in [0.1, 0.15) is 40.5 Å². The molecule has 1 atom stereocenters. The number of fused-ring (bicyclic) bond motifs is 3. The first-order chi connectivity index (χ1) is 12.5. The number of carbonyl (C=O) groups excluding carboxylic acids is 3. The van der Waals surface area contributed by atoms with E-state index in [0.717, 1.165) is 11.3 Å². The van der Waals surface area contributed by atoms with Crippen LogP contribution >= 0.6 is 0 Å². The molecular formula is C19H18N4O3. The summed E-state index contributed by atoms with van der Waals surface area (Å²) in [5.41, 5.74) is 2.61. The predicted molar refractivity (Wildman–Crippen MR) is 96.1 cm³/mol. The van der Waals surface area contributed by atoms with Crippen LogP contribution in [-0.2, 0) is 4.79 Å². The second kappa shape index (κ2) is 6.25. The molecule has 7 heteroatoms. The molecule has 0 aliphatic carbocycles. The van der Waals surface area contributed by atoms with Gasteiger partial charge in [-0.15, -0.1) is 0 Å². The molecular weight excluding hydrogens is 332 g/mol. The summed E-state index contributed by atoms with van der Waals surface area (Å²) in [7, 11) is 0. The van der Waals surface area contributed by atoms with E-state index in [0.29, 0.717) is 36.5 Å². The lowest BCUT2D eigenvalue weighted by Gasteiger charge is -2.29. The normalized spacial score (nSPS) is 18.3. The smallest absolute Gasteiger partial charge is 0.324 e. The molecule has 3 heterocycles. The minimum absolute atomic E-state index is 0.0816. The number of benzene rings is 1. The number of amides is 3. The number of rotatable bonds is 2. The van der Waals surface area contributed by atoms with Crippen molar-refractivity contribution in [2.75, 3.05) is 17.2 Å². The maximum Gasteiger partial charge on any atom is 0.324 e. The van der Waals surface area contributed by atoms with Crippen LogP contribution in [-0.4, -0.2) is 34.2 Å². The second-order valence-corrected chi connectivity index (χ2v) is 6.52. The summed E-state index contributed by atoms with van der Waals surface area (Å²) >= 11 is 0. The highest BCUT2D eigenvalue weighted by molar-refractivity contribution is 6.05. The molecule has 2 aliphatic heterocycles. The number of urea groups is 1. The van der Waals surface area contributed by atoms with Gasteiger partial charge in [0.15, 0.2) is 0 Å². The van der Waals surface area contributed by atoms with E-state index in [2.05, 4.69) is 15.6 Å². The Balaban J connectivity index is 1.60. The predicted octanol–water partition coefficient (Wildman–Crippen LogP) is 2.89. The Labute approximate surface area is 150 Å². The Morgan fingerprint density at radius 3 is 2.77 bits per heavy atom. The molecule has 1 aromatic heterocycles. The van der Waals surface area contributed by atoms with Crippen molar-refractivity contribution in [1.29, 1.82) is 0 Å². The minimum atomic E-state index is -0.440. The number of hydrogen-bond acceptors (Lipinski definition) is 4. The Morgan fingerprint density at radius 1 is 1.15 bits per heavy atom. The van der Waals surface area contributed by atoms with E-state index in [1.165, 1.54) is 0 Å². The largest absolute Gasteiger partial charge is 0.331 e. The average Bonchev–Trinajstić information content (AvgIpc) is 2.88. The Kier molecular flexibility index (Phi) is 3.91. The molecule has 7 nitrogen and oxygen atoms in total. The van der Waals surface area contributed by atoms with Crippen LogP contribution in [0.3, 0.4) is 0 Å². The zero-order valence-corrected chi connectivity index (χ0v) is 14.3. The topological polar surface area (TPSA) is 91.4 Å². The van der Waals surface area contributed by atoms with Gasteiger partial charge in [0.2, 0.25) is 0 Å². The van der Waals surface area contributed by atoms with Crippen LogP contribution in [0.2, 0.25) is 0 Å². The molecule has 1 unspecified atom stereocenters. The quantitative estimate of drug-likeness (QED) is 0.871. The van der Waals surface area contributed by atoms with E-state index < -0.39 is 6.03 Å². The van der Waals surface area contributed by atoms with Gasteiger partial charge in [-0.05, 0) is 31.2 Å². The number of pyridine rings is 1. The van der Waals surface area contributed by atoms with Crippen molar-refractivity contribution in [3.05, 3.63) is 53.2 Å². The van der Waals surface area contributed by atoms with Crippen LogP contribution in [0, 0.1) is 6.92 Å². The number of anilines is 2. The van der Waals surface area contributed by atoms with Gasteiger partial charge in [0, 0.05) is 41.9 Å². The first-order valence-electron chi connectivity index (χ1n) is 8.50. The first-order valence-corrected chi connectivity index (χ1v) is 8.50. The lowest BCUT2D eigenvalue weighted by molar-refractivity contribution is -0.122. The van der Waals surface area contributed by atoms with E-state index in [1.807, 2.05) is 19.1 Å². The van der Waals surface area contributed by atoms with Crippen LogP contribution in [0.25, 0.3) is 0 Å². The van der Waals surface area contributed by atoms with Gasteiger partial charge in [0.05, 0.1) is 6.04 Å². The number of Topliss-reactive ketones (excluding diaryl/α,β-unsaturated/α-hetero) is 1. The lowest BCUT2D eigenvalue weighted by Crippen LogP contribution is -2.36. The van der Waals surface area contributed by atoms with E-state index in [9.17, 15) is 14.4 Å². The highest BCUT2D eigenvalue weighted by atomic mass is 16.2. The fourth-order valence-electron chi connectivity index (χ4n) is 3.59. The molecule has 0 radical (unpaired) electrons. The number of aromatic nitrogens is 1. The molecule has 2 aliphatic rings. The fourth-order valence-corrected chi connectivity index (χ4v) is 3.59. The number of nitrogens with zero attached hydrogens (tertiary/aromatic N) is 2. The van der Waals surface area contributed by atoms with Crippen LogP contribution in [0.15, 0.2) is 36.4 Å². The molecule has 0 bridgehead atoms. The van der Waals surface area contributed by atoms with Crippen molar-refractivity contribution in [2.24, 2.45) is 0 Å². The van der Waals surface area contributed by atoms with Gasteiger partial charge in [-0.1, -0.05) is 12.1 Å². The number of nitrogens with one attached hydrogen (secondary N) is 2. The van der Waals surface area contributed by atoms with E-state index in [-0.39, 0.29) is 17.7 Å². The Morgan fingerprint density at radius 2 is 1.96 bits per heavy atom. The lowest BCUT2D eigenvalue weighted by atomic mass is 9.95. The fraction of sp³-hybridized carbons (Fsp3) is 0.263. The van der Waals surface area contributed by atoms with Gasteiger partial charge >= 0.3 is 6.03 Å². The van der Waals surface area contributed by atoms with Gasteiger partial charge in [0.25, 0.3) is 5.91 Å². The third-order valence-corrected chi connectivity index (χ3v) is 4.74. The molecule has 3 amide bonds. The molecule has 0 saturated carbocycles. The molecule has 4 rings (SSSR count). The maximum atomic E-state index is 12.6. The summed E-state index contributed by atoms with van der Waals surface area (Å²) in [5.74, 6) is 0.498. The van der Waals surface area contributed by atoms with Crippen LogP contribution < -0.4 is 10.6 Å². The molecule has 26 heavy (non-hydrogen) atoms. The second-order valence-electron chi connectivity index (χ2n) is 6.52. The monoisotopic (exact) mass is 350 g/mol. The number of carbonyl (C=O) groups is 3. The maximum absolute atomic E-state index is 12.6. The summed E-state index contributed by atoms with van der Waals surface area (Å²) in [5, 5.41) is 5.49. The van der Waals surface area contributed by atoms with Crippen LogP contribution in [0.5, 0.6) is 0 Å². The molecule has 1 saturated heterocycles. The first kappa shape index (κ1) is 16.3. The average molecular weight is 350 g/mol. The number of ketones is 1. The third kappa shape index (κ3) is 2.81. The van der Waals surface area contributed by atoms with Crippen molar-refractivity contribution in [2.45, 2.75) is 25.8 Å². The minimum Gasteiger partial charge on any atom is -0.331 e. The van der Waals surface area contributed by atoms with Crippen molar-refractivity contribution in [3.8, 4) is 0 Å². The van der Waals surface area contributed by atoms with Crippen molar-refractivity contribution >= 4 is 29.2 Å². The highest BCUT2D eigenvalue weighted by Crippen LogP contribution is 2.42. The molecule has 1 aromatic carbocycles. The zero-order valence-electron chi connectivity index (χ0n) is 14.3. The molecule has 2 aromatic rings. The van der Waals surface area contributed by atoms with Gasteiger partial charge in [-0.3, -0.25) is 14.9 Å². The number of hydrogen-bond donors (Lipinski definition) is 2. The van der Waals surface area contributed by atoms with Crippen molar-refractivity contribution in [1.82, 2.24) is 9.88 Å². The van der Waals surface area contributed by atoms with Crippen molar-refractivity contribution in [3.63, 3.8) is 0 Å². The molecule has 2 N–H and O–H groups in total. The summed E-state index contributed by atoms with van der Waals surface area (Å²) in [6.07, 6.45) is 0.678. The summed E-state index contributed by atoms with van der Waals surface area (Å²) in [4.78, 5) is 42.8. The van der Waals surface area contributed by atoms with Gasteiger partial charge in [-0.2, -0.15) is 0 Å².